The Balaban J connectivity index is 1.97. The van der Waals surface area contributed by atoms with Gasteiger partial charge in [-0.3, -0.25) is 4.79 Å². The van der Waals surface area contributed by atoms with Crippen LogP contribution in [0, 0.1) is 5.82 Å². The molecule has 0 saturated carbocycles. The number of aliphatic carboxylic acids is 1. The Morgan fingerprint density at radius 3 is 2.26 bits per heavy atom. The number of rotatable bonds is 3. The zero-order valence-corrected chi connectivity index (χ0v) is 12.4. The predicted octanol–water partition coefficient (Wildman–Crippen LogP) is 3.26. The Morgan fingerprint density at radius 2 is 1.65 bits per heavy atom. The average Bonchev–Trinajstić information content (AvgIpc) is 3.01. The van der Waals surface area contributed by atoms with Gasteiger partial charge >= 0.3 is 5.97 Å². The number of nitrogens with zero attached hydrogens (tertiary/aromatic N) is 1. The normalized spacial score (nSPS) is 20.5. The maximum absolute atomic E-state index is 13.1. The van der Waals surface area contributed by atoms with Crippen molar-refractivity contribution in [2.24, 2.45) is 0 Å². The van der Waals surface area contributed by atoms with Crippen LogP contribution in [-0.4, -0.2) is 27.9 Å². The number of carboxylic acid groups (broad SMARTS) is 1. The highest BCUT2D eigenvalue weighted by Gasteiger charge is 2.41. The molecule has 0 radical (unpaired) electrons. The summed E-state index contributed by atoms with van der Waals surface area (Å²) in [4.78, 5) is 25.7. The van der Waals surface area contributed by atoms with Crippen molar-refractivity contribution in [1.82, 2.24) is 4.90 Å². The van der Waals surface area contributed by atoms with Crippen LogP contribution in [0.2, 0.25) is 0 Å². The first-order valence-corrected chi connectivity index (χ1v) is 7.44. The minimum absolute atomic E-state index is 0.283. The molecule has 2 unspecified atom stereocenters. The molecule has 2 aromatic rings. The Labute approximate surface area is 133 Å². The highest BCUT2D eigenvalue weighted by molar-refractivity contribution is 5.97. The molecule has 1 saturated heterocycles. The number of carboxylic acids is 1. The van der Waals surface area contributed by atoms with Gasteiger partial charge in [0.2, 0.25) is 0 Å². The fourth-order valence-corrected chi connectivity index (χ4v) is 3.08. The summed E-state index contributed by atoms with van der Waals surface area (Å²) in [6, 6.07) is 13.4. The molecule has 2 atom stereocenters. The van der Waals surface area contributed by atoms with Gasteiger partial charge in [-0.1, -0.05) is 30.3 Å². The predicted molar refractivity (Wildman–Crippen MR) is 82.4 cm³/mol. The number of amides is 1. The molecule has 1 aliphatic rings. The highest BCUT2D eigenvalue weighted by atomic mass is 19.1. The van der Waals surface area contributed by atoms with Crippen molar-refractivity contribution in [2.45, 2.75) is 24.9 Å². The molecule has 0 aliphatic carbocycles. The van der Waals surface area contributed by atoms with Crippen molar-refractivity contribution < 1.29 is 19.1 Å². The van der Waals surface area contributed by atoms with Crippen LogP contribution >= 0.6 is 0 Å². The first-order chi connectivity index (χ1) is 11.1. The lowest BCUT2D eigenvalue weighted by Gasteiger charge is -2.28. The van der Waals surface area contributed by atoms with Gasteiger partial charge in [0.1, 0.15) is 11.9 Å². The first-order valence-electron chi connectivity index (χ1n) is 7.44. The highest BCUT2D eigenvalue weighted by Crippen LogP contribution is 2.37. The van der Waals surface area contributed by atoms with Crippen LogP contribution in [0.1, 0.15) is 34.8 Å². The van der Waals surface area contributed by atoms with Crippen molar-refractivity contribution in [2.75, 3.05) is 0 Å². The minimum atomic E-state index is -1.01. The van der Waals surface area contributed by atoms with Crippen molar-refractivity contribution in [1.29, 1.82) is 0 Å². The fraction of sp³-hybridized carbons (Fsp3) is 0.222. The largest absolute Gasteiger partial charge is 0.480 e. The molecule has 118 valence electrons. The number of halogens is 1. The van der Waals surface area contributed by atoms with Crippen molar-refractivity contribution >= 4 is 11.9 Å². The molecule has 0 aromatic heterocycles. The Morgan fingerprint density at radius 1 is 1.00 bits per heavy atom. The number of carbonyl (C=O) groups excluding carboxylic acids is 1. The van der Waals surface area contributed by atoms with Gasteiger partial charge in [-0.25, -0.2) is 9.18 Å². The lowest BCUT2D eigenvalue weighted by Crippen LogP contribution is -2.41. The Hall–Kier alpha value is -2.69. The zero-order valence-electron chi connectivity index (χ0n) is 12.4. The summed E-state index contributed by atoms with van der Waals surface area (Å²) in [6.45, 7) is 0. The van der Waals surface area contributed by atoms with Gasteiger partial charge in [-0.15, -0.1) is 0 Å². The van der Waals surface area contributed by atoms with Gasteiger partial charge in [0.25, 0.3) is 5.91 Å². The van der Waals surface area contributed by atoms with Gasteiger partial charge in [0.15, 0.2) is 0 Å². The van der Waals surface area contributed by atoms with Crippen LogP contribution in [-0.2, 0) is 4.79 Å². The van der Waals surface area contributed by atoms with E-state index in [4.69, 9.17) is 0 Å². The monoisotopic (exact) mass is 313 g/mol. The standard InChI is InChI=1S/C18H16FNO3/c19-14-8-6-13(7-9-14)17(21)20-15(10-11-16(20)18(22)23)12-4-2-1-3-5-12/h1-9,15-16H,10-11H2,(H,22,23). The van der Waals surface area contributed by atoms with Crippen molar-refractivity contribution in [3.8, 4) is 0 Å². The van der Waals surface area contributed by atoms with Gasteiger partial charge in [-0.2, -0.15) is 0 Å². The molecule has 1 fully saturated rings. The van der Waals surface area contributed by atoms with E-state index >= 15 is 0 Å². The second-order valence-electron chi connectivity index (χ2n) is 5.58. The van der Waals surface area contributed by atoms with E-state index in [0.29, 0.717) is 18.4 Å². The summed E-state index contributed by atoms with van der Waals surface area (Å²) in [7, 11) is 0. The van der Waals surface area contributed by atoms with Crippen LogP contribution in [0.5, 0.6) is 0 Å². The number of carbonyl (C=O) groups is 2. The van der Waals surface area contributed by atoms with E-state index in [1.165, 1.54) is 29.2 Å². The van der Waals surface area contributed by atoms with E-state index in [1.54, 1.807) is 0 Å². The maximum Gasteiger partial charge on any atom is 0.326 e. The van der Waals surface area contributed by atoms with E-state index in [9.17, 15) is 19.1 Å². The van der Waals surface area contributed by atoms with E-state index < -0.39 is 17.8 Å². The maximum atomic E-state index is 13.1. The molecular weight excluding hydrogens is 297 g/mol. The van der Waals surface area contributed by atoms with Crippen molar-refractivity contribution in [3.05, 3.63) is 71.5 Å². The van der Waals surface area contributed by atoms with E-state index in [1.807, 2.05) is 30.3 Å². The van der Waals surface area contributed by atoms with Gasteiger partial charge < -0.3 is 10.0 Å². The average molecular weight is 313 g/mol. The third-order valence-corrected chi connectivity index (χ3v) is 4.18. The fourth-order valence-electron chi connectivity index (χ4n) is 3.08. The number of benzene rings is 2. The van der Waals surface area contributed by atoms with Crippen LogP contribution in [0.25, 0.3) is 0 Å². The van der Waals surface area contributed by atoms with Crippen LogP contribution in [0.4, 0.5) is 4.39 Å². The molecule has 1 N–H and O–H groups in total. The van der Waals surface area contributed by atoms with Crippen LogP contribution in [0.3, 0.4) is 0 Å². The molecule has 2 aromatic carbocycles. The zero-order chi connectivity index (χ0) is 16.4. The van der Waals surface area contributed by atoms with Crippen LogP contribution < -0.4 is 0 Å². The molecular formula is C18H16FNO3. The van der Waals surface area contributed by atoms with Crippen LogP contribution in [0.15, 0.2) is 54.6 Å². The summed E-state index contributed by atoms with van der Waals surface area (Å²) >= 11 is 0. The quantitative estimate of drug-likeness (QED) is 0.946. The Kier molecular flexibility index (Phi) is 4.10. The lowest BCUT2D eigenvalue weighted by atomic mass is 10.0. The smallest absolute Gasteiger partial charge is 0.326 e. The summed E-state index contributed by atoms with van der Waals surface area (Å²) in [5.41, 5.74) is 1.20. The number of hydrogen-bond donors (Lipinski definition) is 1. The summed E-state index contributed by atoms with van der Waals surface area (Å²) < 4.78 is 13.1. The third kappa shape index (κ3) is 2.95. The Bertz CT molecular complexity index is 715. The molecule has 1 heterocycles. The topological polar surface area (TPSA) is 57.6 Å². The van der Waals surface area contributed by atoms with E-state index in [-0.39, 0.29) is 11.9 Å². The number of likely N-dealkylation sites (tertiary alicyclic amines) is 1. The summed E-state index contributed by atoms with van der Waals surface area (Å²) in [6.07, 6.45) is 0.996. The molecule has 5 heteroatoms. The molecule has 0 spiro atoms. The van der Waals surface area contributed by atoms with Crippen molar-refractivity contribution in [3.63, 3.8) is 0 Å². The van der Waals surface area contributed by atoms with Gasteiger partial charge in [-0.05, 0) is 42.7 Å². The SMILES string of the molecule is O=C(O)C1CCC(c2ccccc2)N1C(=O)c1ccc(F)cc1. The lowest BCUT2D eigenvalue weighted by molar-refractivity contribution is -0.141. The molecule has 4 nitrogen and oxygen atoms in total. The van der Waals surface area contributed by atoms with E-state index in [2.05, 4.69) is 0 Å². The molecule has 1 amide bonds. The second-order valence-corrected chi connectivity index (χ2v) is 5.58. The van der Waals surface area contributed by atoms with Gasteiger partial charge in [0, 0.05) is 5.56 Å². The second kappa shape index (κ2) is 6.20. The van der Waals surface area contributed by atoms with E-state index in [0.717, 1.165) is 5.56 Å². The summed E-state index contributed by atoms with van der Waals surface area (Å²) in [5.74, 6) is -1.83. The number of hydrogen-bond acceptors (Lipinski definition) is 2. The molecule has 3 rings (SSSR count). The third-order valence-electron chi connectivity index (χ3n) is 4.18. The molecule has 1 aliphatic heterocycles. The molecule has 0 bridgehead atoms. The van der Waals surface area contributed by atoms with Gasteiger partial charge in [0.05, 0.1) is 6.04 Å². The minimum Gasteiger partial charge on any atom is -0.480 e. The summed E-state index contributed by atoms with van der Waals surface area (Å²) in [5, 5.41) is 9.43. The first kappa shape index (κ1) is 15.2. The molecule has 23 heavy (non-hydrogen) atoms.